The summed E-state index contributed by atoms with van der Waals surface area (Å²) < 4.78 is 5.73. The van der Waals surface area contributed by atoms with Crippen LogP contribution < -0.4 is 5.32 Å². The molecule has 0 saturated carbocycles. The molecule has 1 aliphatic heterocycles. The van der Waals surface area contributed by atoms with E-state index in [0.29, 0.717) is 31.8 Å². The van der Waals surface area contributed by atoms with E-state index in [4.69, 9.17) is 10.00 Å². The molecule has 0 aliphatic carbocycles. The molecule has 5 heteroatoms. The van der Waals surface area contributed by atoms with Gasteiger partial charge < -0.3 is 15.0 Å². The number of amides is 2. The first-order chi connectivity index (χ1) is 10.1. The Balaban J connectivity index is 1.88. The molecule has 1 aliphatic rings. The lowest BCUT2D eigenvalue weighted by Gasteiger charge is -2.39. The van der Waals surface area contributed by atoms with Gasteiger partial charge in [0, 0.05) is 13.1 Å². The fraction of sp³-hybridized carbons (Fsp3) is 0.500. The van der Waals surface area contributed by atoms with E-state index in [-0.39, 0.29) is 11.6 Å². The van der Waals surface area contributed by atoms with Gasteiger partial charge in [0.1, 0.15) is 0 Å². The first-order valence-electron chi connectivity index (χ1n) is 7.22. The van der Waals surface area contributed by atoms with Crippen molar-refractivity contribution in [1.29, 1.82) is 5.26 Å². The topological polar surface area (TPSA) is 65.4 Å². The largest absolute Gasteiger partial charge is 0.372 e. The third kappa shape index (κ3) is 3.96. The maximum absolute atomic E-state index is 12.2. The number of rotatable bonds is 3. The van der Waals surface area contributed by atoms with Crippen molar-refractivity contribution < 1.29 is 9.53 Å². The van der Waals surface area contributed by atoms with Gasteiger partial charge >= 0.3 is 6.03 Å². The van der Waals surface area contributed by atoms with Crippen LogP contribution in [0.15, 0.2) is 24.3 Å². The number of nitrogens with one attached hydrogen (secondary N) is 1. The fourth-order valence-electron chi connectivity index (χ4n) is 2.30. The normalized spacial score (nSPS) is 21.7. The van der Waals surface area contributed by atoms with Crippen LogP contribution in [0.25, 0.3) is 0 Å². The van der Waals surface area contributed by atoms with Crippen molar-refractivity contribution in [3.8, 4) is 6.07 Å². The van der Waals surface area contributed by atoms with Crippen LogP contribution >= 0.6 is 0 Å². The van der Waals surface area contributed by atoms with Crippen LogP contribution in [0.3, 0.4) is 0 Å². The lowest BCUT2D eigenvalue weighted by Crippen LogP contribution is -2.54. The highest BCUT2D eigenvalue weighted by Gasteiger charge is 2.32. The highest BCUT2D eigenvalue weighted by molar-refractivity contribution is 5.74. The van der Waals surface area contributed by atoms with E-state index < -0.39 is 0 Å². The number of nitrogens with zero attached hydrogens (tertiary/aromatic N) is 2. The van der Waals surface area contributed by atoms with Crippen molar-refractivity contribution in [2.45, 2.75) is 32.4 Å². The molecule has 0 aromatic heterocycles. The number of hydrogen-bond acceptors (Lipinski definition) is 3. The average Bonchev–Trinajstić information content (AvgIpc) is 2.53. The Bertz CT molecular complexity index is 535. The summed E-state index contributed by atoms with van der Waals surface area (Å²) in [6.07, 6.45) is 0.881. The molecule has 0 radical (unpaired) electrons. The molecular formula is C16H21N3O2. The van der Waals surface area contributed by atoms with Crippen LogP contribution in [0.5, 0.6) is 0 Å². The summed E-state index contributed by atoms with van der Waals surface area (Å²) in [5.74, 6) is 0. The standard InChI is InChI=1S/C16H21N3O2/c1-3-16(2)12-19(8-9-21-16)15(20)18-11-14-6-4-13(10-17)5-7-14/h4-7H,3,8-9,11-12H2,1-2H3,(H,18,20). The second-order valence-electron chi connectivity index (χ2n) is 5.54. The summed E-state index contributed by atoms with van der Waals surface area (Å²) in [4.78, 5) is 14.0. The Kier molecular flexibility index (Phi) is 4.81. The van der Waals surface area contributed by atoms with Crippen LogP contribution in [-0.2, 0) is 11.3 Å². The van der Waals surface area contributed by atoms with E-state index in [1.807, 2.05) is 19.1 Å². The SMILES string of the molecule is CCC1(C)CN(C(=O)NCc2ccc(C#N)cc2)CCO1. The molecule has 21 heavy (non-hydrogen) atoms. The quantitative estimate of drug-likeness (QED) is 0.927. The minimum atomic E-state index is -0.246. The number of carbonyl (C=O) groups excluding carboxylic acids is 1. The lowest BCUT2D eigenvalue weighted by atomic mass is 10.0. The summed E-state index contributed by atoms with van der Waals surface area (Å²) in [5, 5.41) is 11.7. The molecule has 1 atom stereocenters. The minimum Gasteiger partial charge on any atom is -0.372 e. The number of nitriles is 1. The lowest BCUT2D eigenvalue weighted by molar-refractivity contribution is -0.0872. The number of urea groups is 1. The Hall–Kier alpha value is -2.06. The average molecular weight is 287 g/mol. The zero-order chi connectivity index (χ0) is 15.3. The molecule has 1 heterocycles. The number of morpholine rings is 1. The van der Waals surface area contributed by atoms with Crippen molar-refractivity contribution in [2.75, 3.05) is 19.7 Å². The van der Waals surface area contributed by atoms with Crippen LogP contribution in [0.1, 0.15) is 31.4 Å². The van der Waals surface area contributed by atoms with Crippen molar-refractivity contribution in [2.24, 2.45) is 0 Å². The molecule has 1 aromatic rings. The third-order valence-corrected chi connectivity index (χ3v) is 3.90. The van der Waals surface area contributed by atoms with Gasteiger partial charge in [0.2, 0.25) is 0 Å². The second kappa shape index (κ2) is 6.59. The molecule has 2 rings (SSSR count). The van der Waals surface area contributed by atoms with E-state index in [9.17, 15) is 4.79 Å². The van der Waals surface area contributed by atoms with Crippen LogP contribution in [0, 0.1) is 11.3 Å². The van der Waals surface area contributed by atoms with E-state index >= 15 is 0 Å². The summed E-state index contributed by atoms with van der Waals surface area (Å²) in [6.45, 7) is 6.38. The number of ether oxygens (including phenoxy) is 1. The molecule has 112 valence electrons. The van der Waals surface area contributed by atoms with Gasteiger partial charge in [0.05, 0.1) is 30.4 Å². The molecule has 1 unspecified atom stereocenters. The van der Waals surface area contributed by atoms with E-state index in [0.717, 1.165) is 12.0 Å². The van der Waals surface area contributed by atoms with Crippen molar-refractivity contribution >= 4 is 6.03 Å². The zero-order valence-electron chi connectivity index (χ0n) is 12.6. The highest BCUT2D eigenvalue weighted by Crippen LogP contribution is 2.20. The molecule has 1 aromatic carbocycles. The van der Waals surface area contributed by atoms with Gasteiger partial charge in [-0.3, -0.25) is 0 Å². The van der Waals surface area contributed by atoms with Gasteiger partial charge in [-0.05, 0) is 31.0 Å². The highest BCUT2D eigenvalue weighted by atomic mass is 16.5. The van der Waals surface area contributed by atoms with E-state index in [1.165, 1.54) is 0 Å². The number of carbonyl (C=O) groups is 1. The van der Waals surface area contributed by atoms with Crippen LogP contribution in [0.2, 0.25) is 0 Å². The number of hydrogen-bond donors (Lipinski definition) is 1. The summed E-state index contributed by atoms with van der Waals surface area (Å²) in [7, 11) is 0. The molecule has 5 nitrogen and oxygen atoms in total. The first-order valence-corrected chi connectivity index (χ1v) is 7.22. The van der Waals surface area contributed by atoms with E-state index in [1.54, 1.807) is 17.0 Å². The Labute approximate surface area is 125 Å². The third-order valence-electron chi connectivity index (χ3n) is 3.90. The second-order valence-corrected chi connectivity index (χ2v) is 5.54. The van der Waals surface area contributed by atoms with Crippen LogP contribution in [0.4, 0.5) is 4.79 Å². The van der Waals surface area contributed by atoms with Gasteiger partial charge in [-0.25, -0.2) is 4.79 Å². The van der Waals surface area contributed by atoms with E-state index in [2.05, 4.69) is 18.3 Å². The molecule has 1 saturated heterocycles. The molecular weight excluding hydrogens is 266 g/mol. The van der Waals surface area contributed by atoms with Gasteiger partial charge in [-0.2, -0.15) is 5.26 Å². The molecule has 2 amide bonds. The first kappa shape index (κ1) is 15.3. The Morgan fingerprint density at radius 3 is 2.81 bits per heavy atom. The van der Waals surface area contributed by atoms with Gasteiger partial charge in [0.25, 0.3) is 0 Å². The van der Waals surface area contributed by atoms with Crippen LogP contribution in [-0.4, -0.2) is 36.2 Å². The summed E-state index contributed by atoms with van der Waals surface area (Å²) in [6, 6.07) is 9.23. The maximum Gasteiger partial charge on any atom is 0.317 e. The fourth-order valence-corrected chi connectivity index (χ4v) is 2.30. The molecule has 1 fully saturated rings. The van der Waals surface area contributed by atoms with Gasteiger partial charge in [-0.1, -0.05) is 19.1 Å². The Morgan fingerprint density at radius 1 is 1.48 bits per heavy atom. The van der Waals surface area contributed by atoms with Gasteiger partial charge in [-0.15, -0.1) is 0 Å². The number of benzene rings is 1. The zero-order valence-corrected chi connectivity index (χ0v) is 12.6. The molecule has 1 N–H and O–H groups in total. The summed E-state index contributed by atoms with van der Waals surface area (Å²) in [5.41, 5.74) is 1.36. The molecule has 0 bridgehead atoms. The summed E-state index contributed by atoms with van der Waals surface area (Å²) >= 11 is 0. The Morgan fingerprint density at radius 2 is 2.19 bits per heavy atom. The monoisotopic (exact) mass is 287 g/mol. The smallest absolute Gasteiger partial charge is 0.317 e. The van der Waals surface area contributed by atoms with Crippen molar-refractivity contribution in [1.82, 2.24) is 10.2 Å². The minimum absolute atomic E-state index is 0.0673. The van der Waals surface area contributed by atoms with Crippen molar-refractivity contribution in [3.63, 3.8) is 0 Å². The predicted molar refractivity (Wildman–Crippen MR) is 79.6 cm³/mol. The predicted octanol–water partition coefficient (Wildman–Crippen LogP) is 2.27. The molecule has 0 spiro atoms. The van der Waals surface area contributed by atoms with Crippen molar-refractivity contribution in [3.05, 3.63) is 35.4 Å². The van der Waals surface area contributed by atoms with Gasteiger partial charge in [0.15, 0.2) is 0 Å². The maximum atomic E-state index is 12.2.